The van der Waals surface area contributed by atoms with Crippen molar-refractivity contribution in [2.24, 2.45) is 7.05 Å². The number of aromatic nitrogens is 2. The molecule has 0 bridgehead atoms. The van der Waals surface area contributed by atoms with Gasteiger partial charge in [0, 0.05) is 23.2 Å². The minimum absolute atomic E-state index is 0.239. The van der Waals surface area contributed by atoms with E-state index in [9.17, 15) is 4.79 Å². The zero-order valence-electron chi connectivity index (χ0n) is 8.92. The van der Waals surface area contributed by atoms with Gasteiger partial charge in [-0.05, 0) is 18.2 Å². The van der Waals surface area contributed by atoms with E-state index in [-0.39, 0.29) is 5.56 Å². The van der Waals surface area contributed by atoms with Crippen molar-refractivity contribution in [3.05, 3.63) is 41.2 Å². The molecule has 0 unspecified atom stereocenters. The molecule has 88 valence electrons. The van der Waals surface area contributed by atoms with Crippen LogP contribution >= 0.6 is 23.4 Å². The zero-order chi connectivity index (χ0) is 12.4. The van der Waals surface area contributed by atoms with Gasteiger partial charge >= 0.3 is 5.97 Å². The van der Waals surface area contributed by atoms with Gasteiger partial charge in [-0.25, -0.2) is 4.79 Å². The Balaban J connectivity index is 2.37. The Morgan fingerprint density at radius 1 is 1.53 bits per heavy atom. The van der Waals surface area contributed by atoms with Crippen LogP contribution < -0.4 is 0 Å². The topological polar surface area (TPSA) is 55.1 Å². The molecule has 0 aliphatic carbocycles. The van der Waals surface area contributed by atoms with Gasteiger partial charge in [-0.1, -0.05) is 23.4 Å². The number of carboxylic acids is 1. The van der Waals surface area contributed by atoms with Gasteiger partial charge < -0.3 is 5.11 Å². The highest BCUT2D eigenvalue weighted by atomic mass is 35.5. The molecule has 1 aromatic heterocycles. The molecule has 0 aliphatic rings. The predicted molar refractivity (Wildman–Crippen MR) is 65.7 cm³/mol. The van der Waals surface area contributed by atoms with E-state index in [2.05, 4.69) is 5.10 Å². The Hall–Kier alpha value is -1.46. The molecule has 0 radical (unpaired) electrons. The number of nitrogens with zero attached hydrogens (tertiary/aromatic N) is 2. The molecule has 1 heterocycles. The van der Waals surface area contributed by atoms with Gasteiger partial charge in [-0.3, -0.25) is 4.68 Å². The summed E-state index contributed by atoms with van der Waals surface area (Å²) in [5.41, 5.74) is 0.239. The van der Waals surface area contributed by atoms with Crippen molar-refractivity contribution >= 4 is 29.3 Å². The Morgan fingerprint density at radius 2 is 2.29 bits per heavy atom. The first-order valence-electron chi connectivity index (χ1n) is 4.75. The maximum absolute atomic E-state index is 11.1. The number of aryl methyl sites for hydroxylation is 1. The van der Waals surface area contributed by atoms with E-state index in [1.54, 1.807) is 30.1 Å². The number of hydrogen-bond donors (Lipinski definition) is 1. The van der Waals surface area contributed by atoms with Gasteiger partial charge in [-0.2, -0.15) is 5.10 Å². The molecule has 0 saturated carbocycles. The largest absolute Gasteiger partial charge is 0.478 e. The number of carboxylic acid groups (broad SMARTS) is 1. The van der Waals surface area contributed by atoms with E-state index in [4.69, 9.17) is 16.7 Å². The Bertz CT molecular complexity index is 568. The van der Waals surface area contributed by atoms with Crippen molar-refractivity contribution in [1.82, 2.24) is 9.78 Å². The van der Waals surface area contributed by atoms with E-state index < -0.39 is 5.97 Å². The van der Waals surface area contributed by atoms with Gasteiger partial charge in [0.2, 0.25) is 0 Å². The van der Waals surface area contributed by atoms with Crippen molar-refractivity contribution in [3.63, 3.8) is 0 Å². The van der Waals surface area contributed by atoms with Crippen LogP contribution in [0.2, 0.25) is 5.02 Å². The number of rotatable bonds is 3. The number of carbonyl (C=O) groups is 1. The maximum atomic E-state index is 11.1. The Morgan fingerprint density at radius 3 is 2.88 bits per heavy atom. The van der Waals surface area contributed by atoms with Gasteiger partial charge in [-0.15, -0.1) is 0 Å². The standard InChI is InChI=1S/C11H9ClN2O2S/c1-14-6-8(5-13-14)17-10-4-7(12)2-3-9(10)11(15)16/h2-6H,1H3,(H,15,16). The molecule has 4 nitrogen and oxygen atoms in total. The van der Waals surface area contributed by atoms with Crippen LogP contribution in [0.15, 0.2) is 40.4 Å². The summed E-state index contributed by atoms with van der Waals surface area (Å²) in [5, 5.41) is 13.6. The molecule has 2 rings (SSSR count). The number of hydrogen-bond acceptors (Lipinski definition) is 3. The van der Waals surface area contributed by atoms with Crippen LogP contribution in [0.3, 0.4) is 0 Å². The summed E-state index contributed by atoms with van der Waals surface area (Å²) in [4.78, 5) is 12.5. The zero-order valence-corrected chi connectivity index (χ0v) is 10.5. The first-order chi connectivity index (χ1) is 8.06. The molecule has 0 amide bonds. The van der Waals surface area contributed by atoms with Crippen molar-refractivity contribution in [2.75, 3.05) is 0 Å². The lowest BCUT2D eigenvalue weighted by Crippen LogP contribution is -1.98. The second-order valence-electron chi connectivity index (χ2n) is 3.40. The number of benzene rings is 1. The Labute approximate surface area is 107 Å². The van der Waals surface area contributed by atoms with Gasteiger partial charge in [0.25, 0.3) is 0 Å². The third kappa shape index (κ3) is 2.81. The van der Waals surface area contributed by atoms with E-state index in [0.717, 1.165) is 4.90 Å². The van der Waals surface area contributed by atoms with Crippen molar-refractivity contribution in [1.29, 1.82) is 0 Å². The predicted octanol–water partition coefficient (Wildman–Crippen LogP) is 2.92. The monoisotopic (exact) mass is 268 g/mol. The normalized spacial score (nSPS) is 10.5. The van der Waals surface area contributed by atoms with Crippen LogP contribution in [0.5, 0.6) is 0 Å². The molecule has 0 saturated heterocycles. The van der Waals surface area contributed by atoms with Crippen LogP contribution in [-0.4, -0.2) is 20.9 Å². The maximum Gasteiger partial charge on any atom is 0.336 e. The smallest absolute Gasteiger partial charge is 0.336 e. The van der Waals surface area contributed by atoms with Gasteiger partial charge in [0.05, 0.1) is 16.7 Å². The summed E-state index contributed by atoms with van der Waals surface area (Å²) < 4.78 is 1.66. The first-order valence-corrected chi connectivity index (χ1v) is 5.95. The SMILES string of the molecule is Cn1cc(Sc2cc(Cl)ccc2C(=O)O)cn1. The highest BCUT2D eigenvalue weighted by Crippen LogP contribution is 2.32. The number of halogens is 1. The average molecular weight is 269 g/mol. The van der Waals surface area contributed by atoms with Gasteiger partial charge in [0.1, 0.15) is 0 Å². The molecule has 0 aliphatic heterocycles. The highest BCUT2D eigenvalue weighted by molar-refractivity contribution is 7.99. The summed E-state index contributed by atoms with van der Waals surface area (Å²) in [7, 11) is 1.81. The van der Waals surface area contributed by atoms with E-state index in [1.165, 1.54) is 17.8 Å². The fraction of sp³-hybridized carbons (Fsp3) is 0.0909. The van der Waals surface area contributed by atoms with Crippen LogP contribution in [0.25, 0.3) is 0 Å². The molecule has 6 heteroatoms. The lowest BCUT2D eigenvalue weighted by molar-refractivity contribution is 0.0693. The van der Waals surface area contributed by atoms with Crippen LogP contribution in [-0.2, 0) is 7.05 Å². The molecule has 2 aromatic rings. The lowest BCUT2D eigenvalue weighted by atomic mass is 10.2. The van der Waals surface area contributed by atoms with Crippen molar-refractivity contribution < 1.29 is 9.90 Å². The molecule has 1 N–H and O–H groups in total. The molecular weight excluding hydrogens is 260 g/mol. The summed E-state index contributed by atoms with van der Waals surface area (Å²) >= 11 is 7.19. The number of aromatic carboxylic acids is 1. The minimum atomic E-state index is -0.965. The molecule has 0 atom stereocenters. The molecule has 0 fully saturated rings. The van der Waals surface area contributed by atoms with E-state index in [1.807, 2.05) is 6.20 Å². The molecular formula is C11H9ClN2O2S. The van der Waals surface area contributed by atoms with Crippen molar-refractivity contribution in [3.8, 4) is 0 Å². The fourth-order valence-electron chi connectivity index (χ4n) is 1.34. The summed E-state index contributed by atoms with van der Waals surface area (Å²) in [6, 6.07) is 4.71. The molecule has 1 aromatic carbocycles. The Kier molecular flexibility index (Phi) is 3.40. The highest BCUT2D eigenvalue weighted by Gasteiger charge is 2.12. The third-order valence-corrected chi connectivity index (χ3v) is 3.32. The average Bonchev–Trinajstić information content (AvgIpc) is 2.63. The van der Waals surface area contributed by atoms with Crippen molar-refractivity contribution in [2.45, 2.75) is 9.79 Å². The second-order valence-corrected chi connectivity index (χ2v) is 4.95. The van der Waals surface area contributed by atoms with Crippen LogP contribution in [0.1, 0.15) is 10.4 Å². The second kappa shape index (κ2) is 4.81. The van der Waals surface area contributed by atoms with E-state index in [0.29, 0.717) is 9.92 Å². The van der Waals surface area contributed by atoms with Gasteiger partial charge in [0.15, 0.2) is 0 Å². The van der Waals surface area contributed by atoms with E-state index >= 15 is 0 Å². The van der Waals surface area contributed by atoms with Crippen LogP contribution in [0.4, 0.5) is 0 Å². The summed E-state index contributed by atoms with van der Waals surface area (Å²) in [5.74, 6) is -0.965. The molecule has 0 spiro atoms. The summed E-state index contributed by atoms with van der Waals surface area (Å²) in [6.45, 7) is 0. The molecule has 17 heavy (non-hydrogen) atoms. The minimum Gasteiger partial charge on any atom is -0.478 e. The quantitative estimate of drug-likeness (QED) is 0.930. The fourth-order valence-corrected chi connectivity index (χ4v) is 2.58. The third-order valence-electron chi connectivity index (χ3n) is 2.08. The van der Waals surface area contributed by atoms with Crippen LogP contribution in [0, 0.1) is 0 Å². The summed E-state index contributed by atoms with van der Waals surface area (Å²) in [6.07, 6.45) is 3.49. The first kappa shape index (κ1) is 12.0. The lowest BCUT2D eigenvalue weighted by Gasteiger charge is -2.04.